The Hall–Kier alpha value is -1.67. The lowest BCUT2D eigenvalue weighted by Crippen LogP contribution is -2.55. The van der Waals surface area contributed by atoms with Gasteiger partial charge in [-0.05, 0) is 31.7 Å². The van der Waals surface area contributed by atoms with Gasteiger partial charge in [-0.1, -0.05) is 13.8 Å². The molecule has 0 saturated carbocycles. The number of carbonyl (C=O) groups excluding carboxylic acids is 2. The highest BCUT2D eigenvalue weighted by atomic mass is 16.4. The molecule has 5 N–H and O–H groups in total. The predicted molar refractivity (Wildman–Crippen MR) is 79.1 cm³/mol. The SMILES string of the molecule is CC(C)CC(NC(=O)C1CCCN1)C(=O)NC(CO)C(=O)O. The van der Waals surface area contributed by atoms with Gasteiger partial charge in [-0.15, -0.1) is 0 Å². The van der Waals surface area contributed by atoms with E-state index in [1.165, 1.54) is 0 Å². The number of carboxylic acid groups (broad SMARTS) is 1. The second kappa shape index (κ2) is 8.70. The van der Waals surface area contributed by atoms with Crippen molar-refractivity contribution >= 4 is 17.8 Å². The lowest BCUT2D eigenvalue weighted by molar-refractivity contribution is -0.143. The minimum Gasteiger partial charge on any atom is -0.480 e. The number of nitrogens with one attached hydrogen (secondary N) is 3. The van der Waals surface area contributed by atoms with Gasteiger partial charge < -0.3 is 26.2 Å². The molecule has 126 valence electrons. The van der Waals surface area contributed by atoms with E-state index in [1.807, 2.05) is 13.8 Å². The number of hydrogen-bond acceptors (Lipinski definition) is 5. The Balaban J connectivity index is 2.67. The summed E-state index contributed by atoms with van der Waals surface area (Å²) >= 11 is 0. The van der Waals surface area contributed by atoms with Crippen molar-refractivity contribution in [2.75, 3.05) is 13.2 Å². The fourth-order valence-electron chi connectivity index (χ4n) is 2.34. The van der Waals surface area contributed by atoms with E-state index in [2.05, 4.69) is 16.0 Å². The number of carbonyl (C=O) groups is 3. The van der Waals surface area contributed by atoms with Gasteiger partial charge in [0, 0.05) is 0 Å². The Morgan fingerprint density at radius 2 is 1.91 bits per heavy atom. The molecule has 0 aliphatic carbocycles. The van der Waals surface area contributed by atoms with Gasteiger partial charge in [-0.3, -0.25) is 9.59 Å². The summed E-state index contributed by atoms with van der Waals surface area (Å²) in [7, 11) is 0. The van der Waals surface area contributed by atoms with Crippen LogP contribution in [0.5, 0.6) is 0 Å². The fraction of sp³-hybridized carbons (Fsp3) is 0.786. The second-order valence-electron chi connectivity index (χ2n) is 5.92. The quantitative estimate of drug-likeness (QED) is 0.384. The van der Waals surface area contributed by atoms with Crippen molar-refractivity contribution < 1.29 is 24.6 Å². The molecule has 0 aromatic rings. The summed E-state index contributed by atoms with van der Waals surface area (Å²) in [6.45, 7) is 3.88. The summed E-state index contributed by atoms with van der Waals surface area (Å²) in [5.41, 5.74) is 0. The number of aliphatic hydroxyl groups excluding tert-OH is 1. The maximum atomic E-state index is 12.2. The molecule has 1 rings (SSSR count). The Kier molecular flexibility index (Phi) is 7.26. The van der Waals surface area contributed by atoms with Crippen LogP contribution in [0.4, 0.5) is 0 Å². The van der Waals surface area contributed by atoms with Crippen LogP contribution >= 0.6 is 0 Å². The van der Waals surface area contributed by atoms with E-state index in [0.29, 0.717) is 6.42 Å². The standard InChI is InChI=1S/C14H25N3O5/c1-8(2)6-10(13(20)17-11(7-18)14(21)22)16-12(19)9-4-3-5-15-9/h8-11,15,18H,3-7H2,1-2H3,(H,16,19)(H,17,20)(H,21,22). The molecule has 22 heavy (non-hydrogen) atoms. The summed E-state index contributed by atoms with van der Waals surface area (Å²) in [4.78, 5) is 35.2. The molecule has 1 saturated heterocycles. The molecule has 0 aromatic heterocycles. The minimum absolute atomic E-state index is 0.144. The van der Waals surface area contributed by atoms with E-state index in [4.69, 9.17) is 10.2 Å². The van der Waals surface area contributed by atoms with Gasteiger partial charge in [0.15, 0.2) is 0 Å². The summed E-state index contributed by atoms with van der Waals surface area (Å²) in [6.07, 6.45) is 2.02. The third kappa shape index (κ3) is 5.61. The summed E-state index contributed by atoms with van der Waals surface area (Å²) in [5, 5.41) is 25.8. The number of hydrogen-bond donors (Lipinski definition) is 5. The molecule has 8 heteroatoms. The van der Waals surface area contributed by atoms with E-state index < -0.39 is 30.6 Å². The van der Waals surface area contributed by atoms with Crippen LogP contribution in [0.3, 0.4) is 0 Å². The maximum Gasteiger partial charge on any atom is 0.328 e. The van der Waals surface area contributed by atoms with E-state index in [-0.39, 0.29) is 17.9 Å². The topological polar surface area (TPSA) is 128 Å². The van der Waals surface area contributed by atoms with Gasteiger partial charge in [0.1, 0.15) is 12.1 Å². The number of aliphatic hydroxyl groups is 1. The van der Waals surface area contributed by atoms with Crippen LogP contribution in [0.15, 0.2) is 0 Å². The van der Waals surface area contributed by atoms with Gasteiger partial charge >= 0.3 is 5.97 Å². The Morgan fingerprint density at radius 3 is 2.36 bits per heavy atom. The van der Waals surface area contributed by atoms with Crippen molar-refractivity contribution in [3.63, 3.8) is 0 Å². The highest BCUT2D eigenvalue weighted by Gasteiger charge is 2.29. The molecule has 1 fully saturated rings. The molecular weight excluding hydrogens is 290 g/mol. The lowest BCUT2D eigenvalue weighted by atomic mass is 10.0. The van der Waals surface area contributed by atoms with Crippen LogP contribution in [0.2, 0.25) is 0 Å². The maximum absolute atomic E-state index is 12.2. The summed E-state index contributed by atoms with van der Waals surface area (Å²) in [6, 6.07) is -2.50. The highest BCUT2D eigenvalue weighted by molar-refractivity contribution is 5.91. The smallest absolute Gasteiger partial charge is 0.328 e. The van der Waals surface area contributed by atoms with E-state index in [9.17, 15) is 14.4 Å². The highest BCUT2D eigenvalue weighted by Crippen LogP contribution is 2.09. The first-order valence-corrected chi connectivity index (χ1v) is 7.53. The zero-order valence-electron chi connectivity index (χ0n) is 13.0. The van der Waals surface area contributed by atoms with Crippen molar-refractivity contribution in [2.24, 2.45) is 5.92 Å². The Bertz CT molecular complexity index is 407. The molecular formula is C14H25N3O5. The molecule has 8 nitrogen and oxygen atoms in total. The van der Waals surface area contributed by atoms with Gasteiger partial charge in [0.25, 0.3) is 0 Å². The number of aliphatic carboxylic acids is 1. The van der Waals surface area contributed by atoms with Gasteiger partial charge in [-0.25, -0.2) is 4.79 Å². The molecule has 1 heterocycles. The van der Waals surface area contributed by atoms with E-state index in [0.717, 1.165) is 19.4 Å². The van der Waals surface area contributed by atoms with Crippen LogP contribution in [0.1, 0.15) is 33.1 Å². The number of carboxylic acids is 1. The van der Waals surface area contributed by atoms with Crippen molar-refractivity contribution in [1.82, 2.24) is 16.0 Å². The summed E-state index contributed by atoms with van der Waals surface area (Å²) < 4.78 is 0. The van der Waals surface area contributed by atoms with Gasteiger partial charge in [0.2, 0.25) is 11.8 Å². The molecule has 0 aromatic carbocycles. The normalized spacial score (nSPS) is 20.5. The van der Waals surface area contributed by atoms with Gasteiger partial charge in [-0.2, -0.15) is 0 Å². The predicted octanol–water partition coefficient (Wildman–Crippen LogP) is -1.17. The number of amides is 2. The first-order chi connectivity index (χ1) is 10.3. The Morgan fingerprint density at radius 1 is 1.23 bits per heavy atom. The Labute approximate surface area is 129 Å². The molecule has 1 aliphatic heterocycles. The first-order valence-electron chi connectivity index (χ1n) is 7.53. The lowest BCUT2D eigenvalue weighted by Gasteiger charge is -2.23. The monoisotopic (exact) mass is 315 g/mol. The molecule has 0 radical (unpaired) electrons. The second-order valence-corrected chi connectivity index (χ2v) is 5.92. The largest absolute Gasteiger partial charge is 0.480 e. The van der Waals surface area contributed by atoms with E-state index >= 15 is 0 Å². The molecule has 2 amide bonds. The molecule has 0 spiro atoms. The zero-order chi connectivity index (χ0) is 16.7. The molecule has 0 bridgehead atoms. The third-order valence-electron chi connectivity index (χ3n) is 3.51. The number of rotatable bonds is 8. The van der Waals surface area contributed by atoms with Crippen LogP contribution in [-0.2, 0) is 14.4 Å². The average Bonchev–Trinajstić information content (AvgIpc) is 2.96. The molecule has 3 unspecified atom stereocenters. The molecule has 3 atom stereocenters. The fourth-order valence-corrected chi connectivity index (χ4v) is 2.34. The van der Waals surface area contributed by atoms with Crippen molar-refractivity contribution in [3.8, 4) is 0 Å². The van der Waals surface area contributed by atoms with Crippen LogP contribution < -0.4 is 16.0 Å². The van der Waals surface area contributed by atoms with Crippen molar-refractivity contribution in [3.05, 3.63) is 0 Å². The average molecular weight is 315 g/mol. The minimum atomic E-state index is -1.37. The third-order valence-corrected chi connectivity index (χ3v) is 3.51. The van der Waals surface area contributed by atoms with Crippen LogP contribution in [-0.4, -0.2) is 59.3 Å². The van der Waals surface area contributed by atoms with Crippen molar-refractivity contribution in [2.45, 2.75) is 51.2 Å². The molecule has 1 aliphatic rings. The zero-order valence-corrected chi connectivity index (χ0v) is 13.0. The van der Waals surface area contributed by atoms with Crippen molar-refractivity contribution in [1.29, 1.82) is 0 Å². The summed E-state index contributed by atoms with van der Waals surface area (Å²) in [5.74, 6) is -2.02. The van der Waals surface area contributed by atoms with Crippen LogP contribution in [0.25, 0.3) is 0 Å². The first kappa shape index (κ1) is 18.4. The van der Waals surface area contributed by atoms with Gasteiger partial charge in [0.05, 0.1) is 12.6 Å². The van der Waals surface area contributed by atoms with E-state index in [1.54, 1.807) is 0 Å². The van der Waals surface area contributed by atoms with Crippen LogP contribution in [0, 0.1) is 5.92 Å².